The first-order chi connectivity index (χ1) is 9.95. The highest BCUT2D eigenvalue weighted by Gasteiger charge is 2.16. The highest BCUT2D eigenvalue weighted by atomic mass is 79.9. The van der Waals surface area contributed by atoms with Crippen molar-refractivity contribution in [3.05, 3.63) is 49.7 Å². The fourth-order valence-electron chi connectivity index (χ4n) is 2.11. The summed E-state index contributed by atoms with van der Waals surface area (Å²) in [4.78, 5) is 10.5. The Morgan fingerprint density at radius 1 is 1.43 bits per heavy atom. The van der Waals surface area contributed by atoms with Crippen LogP contribution in [-0.2, 0) is 13.2 Å². The number of aromatic nitrogens is 2. The lowest BCUT2D eigenvalue weighted by Gasteiger charge is -2.10. The van der Waals surface area contributed by atoms with Crippen LogP contribution < -0.4 is 4.74 Å². The molecule has 21 heavy (non-hydrogen) atoms. The minimum Gasteiger partial charge on any atom is -0.487 e. The molecule has 112 valence electrons. The topological polar surface area (TPSA) is 70.2 Å². The Morgan fingerprint density at radius 2 is 2.14 bits per heavy atom. The number of nitro benzene ring substituents is 1. The van der Waals surface area contributed by atoms with Gasteiger partial charge in [0.15, 0.2) is 0 Å². The van der Waals surface area contributed by atoms with Crippen molar-refractivity contribution < 1.29 is 9.66 Å². The molecule has 0 aliphatic heterocycles. The summed E-state index contributed by atoms with van der Waals surface area (Å²) in [6.45, 7) is 6.64. The van der Waals surface area contributed by atoms with Crippen LogP contribution in [-0.4, -0.2) is 14.7 Å². The molecule has 0 N–H and O–H groups in total. The molecule has 0 fully saturated rings. The number of rotatable bonds is 5. The number of benzene rings is 1. The van der Waals surface area contributed by atoms with Gasteiger partial charge in [0, 0.05) is 12.6 Å². The second kappa shape index (κ2) is 6.26. The summed E-state index contributed by atoms with van der Waals surface area (Å²) >= 11 is 3.50. The van der Waals surface area contributed by atoms with E-state index in [4.69, 9.17) is 4.74 Å². The van der Waals surface area contributed by atoms with Gasteiger partial charge in [0.2, 0.25) is 0 Å². The lowest BCUT2D eigenvalue weighted by Crippen LogP contribution is -2.07. The summed E-state index contributed by atoms with van der Waals surface area (Å²) in [6.07, 6.45) is 0. The maximum atomic E-state index is 10.9. The second-order valence-corrected chi connectivity index (χ2v) is 5.40. The first kappa shape index (κ1) is 15.5. The molecule has 0 unspecified atom stereocenters. The Labute approximate surface area is 131 Å². The van der Waals surface area contributed by atoms with Gasteiger partial charge >= 0.3 is 0 Å². The fourth-order valence-corrected chi connectivity index (χ4v) is 2.51. The third-order valence-corrected chi connectivity index (χ3v) is 4.30. The zero-order chi connectivity index (χ0) is 15.6. The third-order valence-electron chi connectivity index (χ3n) is 3.27. The maximum Gasteiger partial charge on any atom is 0.276 e. The van der Waals surface area contributed by atoms with Gasteiger partial charge in [-0.2, -0.15) is 5.10 Å². The van der Waals surface area contributed by atoms with Crippen LogP contribution >= 0.6 is 15.9 Å². The molecule has 6 nitrogen and oxygen atoms in total. The average Bonchev–Trinajstić information content (AvgIpc) is 2.73. The van der Waals surface area contributed by atoms with Crippen LogP contribution in [0.5, 0.6) is 5.75 Å². The Hall–Kier alpha value is -1.89. The zero-order valence-corrected chi connectivity index (χ0v) is 13.7. The number of halogens is 1. The van der Waals surface area contributed by atoms with Gasteiger partial charge < -0.3 is 4.74 Å². The summed E-state index contributed by atoms with van der Waals surface area (Å²) < 4.78 is 8.52. The van der Waals surface area contributed by atoms with Gasteiger partial charge in [-0.3, -0.25) is 14.8 Å². The standard InChI is InChI=1S/C14H16BrN3O3/c1-4-17-12(14(15)10(3)16-17)8-21-13-7-5-6-11(9(13)2)18(19)20/h5-7H,4,8H2,1-3H3. The molecule has 0 spiro atoms. The van der Waals surface area contributed by atoms with E-state index in [1.54, 1.807) is 19.1 Å². The van der Waals surface area contributed by atoms with Gasteiger partial charge in [-0.15, -0.1) is 0 Å². The number of nitro groups is 1. The van der Waals surface area contributed by atoms with Gasteiger partial charge in [-0.1, -0.05) is 6.07 Å². The van der Waals surface area contributed by atoms with E-state index < -0.39 is 4.92 Å². The van der Waals surface area contributed by atoms with Crippen molar-refractivity contribution in [2.75, 3.05) is 0 Å². The average molecular weight is 354 g/mol. The van der Waals surface area contributed by atoms with Gasteiger partial charge in [-0.25, -0.2) is 0 Å². The van der Waals surface area contributed by atoms with Crippen LogP contribution in [0.25, 0.3) is 0 Å². The van der Waals surface area contributed by atoms with E-state index >= 15 is 0 Å². The van der Waals surface area contributed by atoms with E-state index in [9.17, 15) is 10.1 Å². The summed E-state index contributed by atoms with van der Waals surface area (Å²) in [6, 6.07) is 4.83. The van der Waals surface area contributed by atoms with Crippen LogP contribution in [0.3, 0.4) is 0 Å². The number of hydrogen-bond donors (Lipinski definition) is 0. The van der Waals surface area contributed by atoms with Gasteiger partial charge in [0.1, 0.15) is 12.4 Å². The van der Waals surface area contributed by atoms with E-state index in [-0.39, 0.29) is 5.69 Å². The van der Waals surface area contributed by atoms with Crippen molar-refractivity contribution in [1.82, 2.24) is 9.78 Å². The Bertz CT molecular complexity index is 682. The number of hydrogen-bond acceptors (Lipinski definition) is 4. The Kier molecular flexibility index (Phi) is 4.62. The smallest absolute Gasteiger partial charge is 0.276 e. The minimum atomic E-state index is -0.404. The summed E-state index contributed by atoms with van der Waals surface area (Å²) in [5.41, 5.74) is 2.40. The molecule has 0 saturated carbocycles. The SMILES string of the molecule is CCn1nc(C)c(Br)c1COc1cccc([N+](=O)[O-])c1C. The van der Waals surface area contributed by atoms with Crippen molar-refractivity contribution in [2.45, 2.75) is 33.9 Å². The lowest BCUT2D eigenvalue weighted by atomic mass is 10.2. The highest BCUT2D eigenvalue weighted by molar-refractivity contribution is 9.10. The molecule has 0 amide bonds. The third kappa shape index (κ3) is 3.07. The molecule has 1 aromatic carbocycles. The van der Waals surface area contributed by atoms with Crippen molar-refractivity contribution in [1.29, 1.82) is 0 Å². The first-order valence-corrected chi connectivity index (χ1v) is 7.33. The van der Waals surface area contributed by atoms with E-state index in [1.165, 1.54) is 6.07 Å². The maximum absolute atomic E-state index is 10.9. The highest BCUT2D eigenvalue weighted by Crippen LogP contribution is 2.29. The molecule has 2 rings (SSSR count). The molecule has 1 aromatic heterocycles. The molecule has 0 bridgehead atoms. The van der Waals surface area contributed by atoms with Crippen molar-refractivity contribution in [2.24, 2.45) is 0 Å². The van der Waals surface area contributed by atoms with E-state index in [1.807, 2.05) is 18.5 Å². The van der Waals surface area contributed by atoms with E-state index in [2.05, 4.69) is 21.0 Å². The van der Waals surface area contributed by atoms with Crippen LogP contribution in [0.2, 0.25) is 0 Å². The second-order valence-electron chi connectivity index (χ2n) is 4.61. The molecule has 7 heteroatoms. The molecular formula is C14H16BrN3O3. The summed E-state index contributed by atoms with van der Waals surface area (Å²) in [5, 5.41) is 15.3. The zero-order valence-electron chi connectivity index (χ0n) is 12.1. The van der Waals surface area contributed by atoms with E-state index in [0.717, 1.165) is 22.4 Å². The summed E-state index contributed by atoms with van der Waals surface area (Å²) in [7, 11) is 0. The first-order valence-electron chi connectivity index (χ1n) is 6.54. The van der Waals surface area contributed by atoms with Crippen molar-refractivity contribution >= 4 is 21.6 Å². The van der Waals surface area contributed by atoms with Crippen LogP contribution in [0, 0.1) is 24.0 Å². The largest absolute Gasteiger partial charge is 0.487 e. The molecule has 0 aliphatic rings. The minimum absolute atomic E-state index is 0.0618. The number of aryl methyl sites for hydroxylation is 2. The van der Waals surface area contributed by atoms with Crippen molar-refractivity contribution in [3.63, 3.8) is 0 Å². The molecule has 2 aromatic rings. The predicted octanol–water partition coefficient (Wildman–Crippen LogP) is 3.77. The molecule has 0 radical (unpaired) electrons. The molecule has 0 saturated heterocycles. The number of nitrogens with zero attached hydrogens (tertiary/aromatic N) is 3. The van der Waals surface area contributed by atoms with Crippen LogP contribution in [0.1, 0.15) is 23.9 Å². The summed E-state index contributed by atoms with van der Waals surface area (Å²) in [5.74, 6) is 0.512. The Balaban J connectivity index is 2.25. The van der Waals surface area contributed by atoms with Crippen LogP contribution in [0.4, 0.5) is 5.69 Å². The number of ether oxygens (including phenoxy) is 1. The molecule has 0 aliphatic carbocycles. The predicted molar refractivity (Wildman–Crippen MR) is 82.5 cm³/mol. The van der Waals surface area contributed by atoms with Crippen molar-refractivity contribution in [3.8, 4) is 5.75 Å². The molecular weight excluding hydrogens is 338 g/mol. The quantitative estimate of drug-likeness (QED) is 0.605. The normalized spacial score (nSPS) is 10.7. The molecule has 0 atom stereocenters. The van der Waals surface area contributed by atoms with Crippen LogP contribution in [0.15, 0.2) is 22.7 Å². The molecule has 1 heterocycles. The van der Waals surface area contributed by atoms with E-state index in [0.29, 0.717) is 17.9 Å². The monoisotopic (exact) mass is 353 g/mol. The van der Waals surface area contributed by atoms with Gasteiger partial charge in [-0.05, 0) is 42.8 Å². The Morgan fingerprint density at radius 3 is 2.76 bits per heavy atom. The van der Waals surface area contributed by atoms with Gasteiger partial charge in [0.05, 0.1) is 26.3 Å². The van der Waals surface area contributed by atoms with Gasteiger partial charge in [0.25, 0.3) is 5.69 Å². The lowest BCUT2D eigenvalue weighted by molar-refractivity contribution is -0.385. The fraction of sp³-hybridized carbons (Fsp3) is 0.357.